The fraction of sp³-hybridized carbons (Fsp3) is 0.441. The van der Waals surface area contributed by atoms with Gasteiger partial charge in [0.2, 0.25) is 17.7 Å². The first kappa shape index (κ1) is 36.8. The van der Waals surface area contributed by atoms with Gasteiger partial charge in [0, 0.05) is 43.6 Å². The van der Waals surface area contributed by atoms with Gasteiger partial charge in [-0.1, -0.05) is 31.5 Å². The molecule has 12 nitrogen and oxygen atoms in total. The first-order valence-electron chi connectivity index (χ1n) is 16.0. The Morgan fingerprint density at radius 1 is 1.08 bits per heavy atom. The summed E-state index contributed by atoms with van der Waals surface area (Å²) < 4.78 is 34.3. The van der Waals surface area contributed by atoms with E-state index in [4.69, 9.17) is 10.5 Å². The second-order valence-electron chi connectivity index (χ2n) is 12.2. The van der Waals surface area contributed by atoms with Gasteiger partial charge in [-0.25, -0.2) is 8.42 Å². The lowest BCUT2D eigenvalue weighted by atomic mass is 10.0. The summed E-state index contributed by atoms with van der Waals surface area (Å²) in [6.45, 7) is 3.72. The van der Waals surface area contributed by atoms with Crippen LogP contribution in [0.5, 0.6) is 5.75 Å². The number of aliphatic hydroxyl groups excluding tert-OH is 1. The second-order valence-corrected chi connectivity index (χ2v) is 15.4. The van der Waals surface area contributed by atoms with E-state index >= 15 is 0 Å². The molecule has 260 valence electrons. The van der Waals surface area contributed by atoms with E-state index in [-0.39, 0.29) is 60.4 Å². The number of carbonyl (C=O) groups excluding carboxylic acids is 3. The number of hydrogen-bond acceptors (Lipinski definition) is 9. The van der Waals surface area contributed by atoms with E-state index in [0.717, 1.165) is 11.3 Å². The van der Waals surface area contributed by atoms with Crippen molar-refractivity contribution in [2.75, 3.05) is 43.1 Å². The van der Waals surface area contributed by atoms with E-state index in [1.807, 2.05) is 6.92 Å². The van der Waals surface area contributed by atoms with E-state index in [1.165, 1.54) is 11.4 Å². The maximum atomic E-state index is 13.5. The predicted molar refractivity (Wildman–Crippen MR) is 187 cm³/mol. The first-order chi connectivity index (χ1) is 22.9. The minimum absolute atomic E-state index is 0.0249. The fourth-order valence-corrected chi connectivity index (χ4v) is 7.82. The minimum atomic E-state index is -3.74. The van der Waals surface area contributed by atoms with Crippen LogP contribution in [0.2, 0.25) is 0 Å². The summed E-state index contributed by atoms with van der Waals surface area (Å²) in [5.41, 5.74) is 8.00. The Bertz CT molecular complexity index is 1670. The molecule has 0 aliphatic carbocycles. The van der Waals surface area contributed by atoms with Gasteiger partial charge in [-0.15, -0.1) is 11.3 Å². The number of aliphatic hydroxyl groups is 1. The molecule has 0 spiro atoms. The average Bonchev–Trinajstić information content (AvgIpc) is 3.61. The van der Waals surface area contributed by atoms with E-state index in [1.54, 1.807) is 71.8 Å². The minimum Gasteiger partial charge on any atom is -0.488 e. The monoisotopic (exact) mass is 699 g/mol. The molecule has 0 saturated heterocycles. The summed E-state index contributed by atoms with van der Waals surface area (Å²) in [6, 6.07) is 14.9. The number of nitrogen functional groups attached to an aromatic ring is 1. The van der Waals surface area contributed by atoms with Crippen molar-refractivity contribution in [1.82, 2.24) is 9.21 Å². The third-order valence-electron chi connectivity index (χ3n) is 8.34. The van der Waals surface area contributed by atoms with Gasteiger partial charge in [-0.3, -0.25) is 14.4 Å². The van der Waals surface area contributed by atoms with Crippen LogP contribution >= 0.6 is 11.3 Å². The van der Waals surface area contributed by atoms with Crippen molar-refractivity contribution in [3.63, 3.8) is 0 Å². The number of fused-ring (bicyclic) bond motifs is 1. The SMILES string of the molecule is C[C@@H]1CN([C@@H](C)CO)C(=O)Cc2cc(NC(=O)CCCCCC(=O)Nc3ccccc3N)ccc2O[C@@H]1CN(C)S(=O)(=O)c1cccs1. The number of thiophene rings is 1. The molecule has 4 rings (SSSR count). The topological polar surface area (TPSA) is 171 Å². The standard InChI is InChI=1S/C34H45N5O7S2/c1-23-20-39(24(2)22-40)33(43)19-25-18-26(15-16-29(25)46-30(23)21-38(3)48(44,45)34-14-9-17-47-34)36-31(41)12-5-4-6-13-32(42)37-28-11-8-7-10-27(28)35/h7-11,14-18,23-24,30,40H,4-6,12-13,19-22,35H2,1-3H3,(H,36,41)(H,37,42)/t23-,24+,30-/m1/s1. The average molecular weight is 700 g/mol. The van der Waals surface area contributed by atoms with Gasteiger partial charge in [-0.2, -0.15) is 4.31 Å². The number of benzene rings is 2. The number of ether oxygens (including phenoxy) is 1. The number of nitrogens with two attached hydrogens (primary N) is 1. The molecule has 0 fully saturated rings. The highest BCUT2D eigenvalue weighted by atomic mass is 32.2. The van der Waals surface area contributed by atoms with Crippen LogP contribution in [-0.2, 0) is 30.8 Å². The van der Waals surface area contributed by atoms with E-state index in [0.29, 0.717) is 54.1 Å². The van der Waals surface area contributed by atoms with Crippen LogP contribution in [0, 0.1) is 5.92 Å². The number of rotatable bonds is 14. The van der Waals surface area contributed by atoms with Crippen molar-refractivity contribution in [1.29, 1.82) is 0 Å². The third-order valence-corrected chi connectivity index (χ3v) is 11.5. The van der Waals surface area contributed by atoms with Gasteiger partial charge in [-0.05, 0) is 61.5 Å². The number of anilines is 3. The van der Waals surface area contributed by atoms with Crippen LogP contribution in [0.4, 0.5) is 17.1 Å². The number of carbonyl (C=O) groups is 3. The lowest BCUT2D eigenvalue weighted by molar-refractivity contribution is -0.134. The summed E-state index contributed by atoms with van der Waals surface area (Å²) in [5, 5.41) is 17.3. The molecule has 1 aliphatic rings. The van der Waals surface area contributed by atoms with Crippen molar-refractivity contribution in [3.8, 4) is 5.75 Å². The maximum absolute atomic E-state index is 13.5. The summed E-state index contributed by atoms with van der Waals surface area (Å²) in [4.78, 5) is 40.1. The molecule has 0 saturated carbocycles. The lowest BCUT2D eigenvalue weighted by Gasteiger charge is -2.33. The Labute approximate surface area is 286 Å². The smallest absolute Gasteiger partial charge is 0.252 e. The van der Waals surface area contributed by atoms with E-state index in [9.17, 15) is 27.9 Å². The summed E-state index contributed by atoms with van der Waals surface area (Å²) in [7, 11) is -2.24. The fourth-order valence-electron chi connectivity index (χ4n) is 5.44. The van der Waals surface area contributed by atoms with Crippen LogP contribution in [0.3, 0.4) is 0 Å². The van der Waals surface area contributed by atoms with Crippen molar-refractivity contribution in [3.05, 3.63) is 65.5 Å². The van der Waals surface area contributed by atoms with Gasteiger partial charge in [0.1, 0.15) is 16.1 Å². The normalized spacial score (nSPS) is 17.4. The van der Waals surface area contributed by atoms with Gasteiger partial charge >= 0.3 is 0 Å². The molecular weight excluding hydrogens is 655 g/mol. The Morgan fingerprint density at radius 2 is 1.79 bits per heavy atom. The molecule has 0 unspecified atom stereocenters. The molecule has 14 heteroatoms. The number of nitrogens with one attached hydrogen (secondary N) is 2. The molecule has 2 aromatic carbocycles. The summed E-state index contributed by atoms with van der Waals surface area (Å²) >= 11 is 1.14. The number of nitrogens with zero attached hydrogens (tertiary/aromatic N) is 2. The maximum Gasteiger partial charge on any atom is 0.252 e. The number of hydrogen-bond donors (Lipinski definition) is 4. The Hall–Kier alpha value is -3.98. The largest absolute Gasteiger partial charge is 0.488 e. The van der Waals surface area contributed by atoms with E-state index < -0.39 is 22.2 Å². The number of sulfonamides is 1. The van der Waals surface area contributed by atoms with Crippen LogP contribution in [0.1, 0.15) is 51.5 Å². The quantitative estimate of drug-likeness (QED) is 0.142. The van der Waals surface area contributed by atoms with Crippen LogP contribution < -0.4 is 21.1 Å². The summed E-state index contributed by atoms with van der Waals surface area (Å²) in [5.74, 6) is -0.402. The van der Waals surface area contributed by atoms with Crippen molar-refractivity contribution in [2.45, 2.75) is 68.7 Å². The molecule has 0 radical (unpaired) electrons. The third kappa shape index (κ3) is 9.78. The lowest BCUT2D eigenvalue weighted by Crippen LogP contribution is -2.48. The zero-order valence-electron chi connectivity index (χ0n) is 27.6. The molecule has 48 heavy (non-hydrogen) atoms. The second kappa shape index (κ2) is 16.9. The zero-order chi connectivity index (χ0) is 34.8. The zero-order valence-corrected chi connectivity index (χ0v) is 29.2. The Morgan fingerprint density at radius 3 is 2.46 bits per heavy atom. The molecule has 2 heterocycles. The molecule has 3 atom stereocenters. The van der Waals surface area contributed by atoms with Gasteiger partial charge in [0.25, 0.3) is 10.0 Å². The molecule has 1 aromatic heterocycles. The van der Waals surface area contributed by atoms with Crippen LogP contribution in [0.15, 0.2) is 64.2 Å². The van der Waals surface area contributed by atoms with Crippen molar-refractivity contribution >= 4 is 56.1 Å². The molecule has 5 N–H and O–H groups in total. The highest BCUT2D eigenvalue weighted by molar-refractivity contribution is 7.91. The van der Waals surface area contributed by atoms with Crippen LogP contribution in [0.25, 0.3) is 0 Å². The number of amides is 3. The summed E-state index contributed by atoms with van der Waals surface area (Å²) in [6.07, 6.45) is 1.83. The predicted octanol–water partition coefficient (Wildman–Crippen LogP) is 4.33. The van der Waals surface area contributed by atoms with Crippen molar-refractivity contribution < 1.29 is 32.6 Å². The van der Waals surface area contributed by atoms with Gasteiger partial charge in [0.05, 0.1) is 37.0 Å². The number of likely N-dealkylation sites (N-methyl/N-ethyl adjacent to an activating group) is 1. The highest BCUT2D eigenvalue weighted by Gasteiger charge is 2.33. The molecule has 3 amide bonds. The Kier molecular flexibility index (Phi) is 13.0. The highest BCUT2D eigenvalue weighted by Crippen LogP contribution is 2.30. The van der Waals surface area contributed by atoms with Gasteiger partial charge in [0.15, 0.2) is 0 Å². The van der Waals surface area contributed by atoms with Crippen LogP contribution in [-0.4, -0.2) is 79.3 Å². The molecule has 3 aromatic rings. The Balaban J connectivity index is 1.39. The molecule has 1 aliphatic heterocycles. The number of para-hydroxylation sites is 2. The molecule has 0 bridgehead atoms. The van der Waals surface area contributed by atoms with Gasteiger partial charge < -0.3 is 31.1 Å². The first-order valence-corrected chi connectivity index (χ1v) is 18.3. The molecular formula is C34H45N5O7S2. The van der Waals surface area contributed by atoms with E-state index in [2.05, 4.69) is 10.6 Å². The van der Waals surface area contributed by atoms with Crippen molar-refractivity contribution in [2.24, 2.45) is 5.92 Å². The number of unbranched alkanes of at least 4 members (excludes halogenated alkanes) is 2.